The van der Waals surface area contributed by atoms with Gasteiger partial charge in [0.05, 0.1) is 35.2 Å². The zero-order chi connectivity index (χ0) is 15.8. The Hall–Kier alpha value is -2.12. The van der Waals surface area contributed by atoms with Gasteiger partial charge < -0.3 is 19.6 Å². The van der Waals surface area contributed by atoms with E-state index in [1.807, 2.05) is 30.5 Å². The molecule has 0 saturated carbocycles. The molecule has 0 bridgehead atoms. The SMILES string of the molecule is Cc1cc(CC2COCC2NC(=O)c2cc3sccc3[nH]2)on1. The van der Waals surface area contributed by atoms with Gasteiger partial charge in [-0.05, 0) is 24.4 Å². The third-order valence-corrected chi connectivity index (χ3v) is 5.00. The quantitative estimate of drug-likeness (QED) is 0.770. The first-order valence-electron chi connectivity index (χ1n) is 7.56. The number of ether oxygens (including phenoxy) is 1. The average molecular weight is 331 g/mol. The highest BCUT2D eigenvalue weighted by Crippen LogP contribution is 2.23. The molecule has 2 atom stereocenters. The molecule has 3 aromatic heterocycles. The molecule has 1 saturated heterocycles. The van der Waals surface area contributed by atoms with E-state index in [1.165, 1.54) is 0 Å². The number of aromatic amines is 1. The molecular weight excluding hydrogens is 314 g/mol. The Bertz CT molecular complexity index is 806. The fourth-order valence-electron chi connectivity index (χ4n) is 2.95. The van der Waals surface area contributed by atoms with Crippen molar-refractivity contribution in [2.24, 2.45) is 5.92 Å². The van der Waals surface area contributed by atoms with Crippen LogP contribution in [0.2, 0.25) is 0 Å². The fraction of sp³-hybridized carbons (Fsp3) is 0.375. The van der Waals surface area contributed by atoms with Gasteiger partial charge >= 0.3 is 0 Å². The number of H-pyrrole nitrogens is 1. The Kier molecular flexibility index (Phi) is 3.66. The number of fused-ring (bicyclic) bond motifs is 1. The zero-order valence-corrected chi connectivity index (χ0v) is 13.5. The lowest BCUT2D eigenvalue weighted by Gasteiger charge is -2.17. The zero-order valence-electron chi connectivity index (χ0n) is 12.7. The van der Waals surface area contributed by atoms with Crippen LogP contribution in [0.25, 0.3) is 10.2 Å². The van der Waals surface area contributed by atoms with E-state index in [4.69, 9.17) is 9.26 Å². The number of hydrogen-bond acceptors (Lipinski definition) is 5. The second-order valence-corrected chi connectivity index (χ2v) is 6.85. The van der Waals surface area contributed by atoms with Gasteiger partial charge in [0, 0.05) is 18.4 Å². The van der Waals surface area contributed by atoms with Crippen LogP contribution in [0.15, 0.2) is 28.1 Å². The van der Waals surface area contributed by atoms with Crippen molar-refractivity contribution in [2.75, 3.05) is 13.2 Å². The van der Waals surface area contributed by atoms with Crippen LogP contribution in [0.5, 0.6) is 0 Å². The molecule has 2 unspecified atom stereocenters. The van der Waals surface area contributed by atoms with E-state index in [2.05, 4.69) is 15.5 Å². The van der Waals surface area contributed by atoms with Crippen LogP contribution in [0.3, 0.4) is 0 Å². The van der Waals surface area contributed by atoms with E-state index < -0.39 is 0 Å². The summed E-state index contributed by atoms with van der Waals surface area (Å²) in [4.78, 5) is 15.6. The number of rotatable bonds is 4. The van der Waals surface area contributed by atoms with Gasteiger partial charge in [-0.2, -0.15) is 0 Å². The van der Waals surface area contributed by atoms with Gasteiger partial charge in [0.2, 0.25) is 0 Å². The number of hydrogen-bond donors (Lipinski definition) is 2. The molecule has 1 amide bonds. The van der Waals surface area contributed by atoms with Crippen LogP contribution in [-0.4, -0.2) is 35.3 Å². The summed E-state index contributed by atoms with van der Waals surface area (Å²) < 4.78 is 11.9. The number of carbonyl (C=O) groups excluding carboxylic acids is 1. The van der Waals surface area contributed by atoms with Crippen molar-refractivity contribution in [2.45, 2.75) is 19.4 Å². The third kappa shape index (κ3) is 2.89. The van der Waals surface area contributed by atoms with Gasteiger partial charge in [0.25, 0.3) is 5.91 Å². The van der Waals surface area contributed by atoms with E-state index in [0.717, 1.165) is 21.7 Å². The van der Waals surface area contributed by atoms with Crippen LogP contribution in [0.1, 0.15) is 21.9 Å². The maximum absolute atomic E-state index is 12.4. The van der Waals surface area contributed by atoms with Gasteiger partial charge in [-0.3, -0.25) is 4.79 Å². The van der Waals surface area contributed by atoms with Gasteiger partial charge in [0.1, 0.15) is 11.5 Å². The molecule has 0 spiro atoms. The van der Waals surface area contributed by atoms with Crippen molar-refractivity contribution in [1.82, 2.24) is 15.5 Å². The number of aromatic nitrogens is 2. The number of carbonyl (C=O) groups is 1. The molecule has 0 aromatic carbocycles. The minimum Gasteiger partial charge on any atom is -0.379 e. The van der Waals surface area contributed by atoms with Crippen molar-refractivity contribution < 1.29 is 14.1 Å². The van der Waals surface area contributed by atoms with E-state index in [-0.39, 0.29) is 17.9 Å². The average Bonchev–Trinajstić information content (AvgIpc) is 3.24. The van der Waals surface area contributed by atoms with Gasteiger partial charge in [0.15, 0.2) is 0 Å². The van der Waals surface area contributed by atoms with E-state index in [0.29, 0.717) is 25.3 Å². The van der Waals surface area contributed by atoms with Crippen molar-refractivity contribution in [3.05, 3.63) is 40.7 Å². The second kappa shape index (κ2) is 5.82. The summed E-state index contributed by atoms with van der Waals surface area (Å²) in [5.74, 6) is 0.933. The molecule has 4 heterocycles. The number of nitrogens with zero attached hydrogens (tertiary/aromatic N) is 1. The second-order valence-electron chi connectivity index (χ2n) is 5.90. The molecule has 0 radical (unpaired) electrons. The predicted molar refractivity (Wildman–Crippen MR) is 86.7 cm³/mol. The van der Waals surface area contributed by atoms with Crippen LogP contribution < -0.4 is 5.32 Å². The van der Waals surface area contributed by atoms with E-state index >= 15 is 0 Å². The highest BCUT2D eigenvalue weighted by molar-refractivity contribution is 7.17. The molecule has 0 aliphatic carbocycles. The number of amides is 1. The Balaban J connectivity index is 1.44. The summed E-state index contributed by atoms with van der Waals surface area (Å²) in [6, 6.07) is 5.77. The van der Waals surface area contributed by atoms with E-state index in [9.17, 15) is 4.79 Å². The maximum Gasteiger partial charge on any atom is 0.268 e. The van der Waals surface area contributed by atoms with Crippen molar-refractivity contribution in [3.63, 3.8) is 0 Å². The molecular formula is C16H17N3O3S. The van der Waals surface area contributed by atoms with Crippen LogP contribution in [0, 0.1) is 12.8 Å². The van der Waals surface area contributed by atoms with Gasteiger partial charge in [-0.15, -0.1) is 11.3 Å². The Morgan fingerprint density at radius 2 is 2.39 bits per heavy atom. The summed E-state index contributed by atoms with van der Waals surface area (Å²) in [7, 11) is 0. The van der Waals surface area contributed by atoms with Crippen LogP contribution in [0.4, 0.5) is 0 Å². The molecule has 1 fully saturated rings. The largest absolute Gasteiger partial charge is 0.379 e. The Morgan fingerprint density at radius 1 is 1.48 bits per heavy atom. The molecule has 23 heavy (non-hydrogen) atoms. The first-order chi connectivity index (χ1) is 11.2. The first kappa shape index (κ1) is 14.5. The summed E-state index contributed by atoms with van der Waals surface area (Å²) in [6.07, 6.45) is 0.714. The van der Waals surface area contributed by atoms with Crippen molar-refractivity contribution >= 4 is 27.5 Å². The highest BCUT2D eigenvalue weighted by Gasteiger charge is 2.31. The molecule has 1 aliphatic heterocycles. The lowest BCUT2D eigenvalue weighted by atomic mass is 9.98. The van der Waals surface area contributed by atoms with Gasteiger partial charge in [-0.25, -0.2) is 0 Å². The smallest absolute Gasteiger partial charge is 0.268 e. The van der Waals surface area contributed by atoms with Gasteiger partial charge in [-0.1, -0.05) is 5.16 Å². The molecule has 120 valence electrons. The number of thiophene rings is 1. The normalized spacial score (nSPS) is 21.1. The third-order valence-electron chi connectivity index (χ3n) is 4.14. The molecule has 1 aliphatic rings. The Labute approximate surface area is 136 Å². The lowest BCUT2D eigenvalue weighted by molar-refractivity contribution is 0.0920. The van der Waals surface area contributed by atoms with Crippen LogP contribution in [-0.2, 0) is 11.2 Å². The monoisotopic (exact) mass is 331 g/mol. The molecule has 3 aromatic rings. The number of aryl methyl sites for hydroxylation is 1. The predicted octanol–water partition coefficient (Wildman–Crippen LogP) is 2.51. The lowest BCUT2D eigenvalue weighted by Crippen LogP contribution is -2.40. The van der Waals surface area contributed by atoms with Crippen LogP contribution >= 0.6 is 11.3 Å². The minimum absolute atomic E-state index is 0.0192. The van der Waals surface area contributed by atoms with Crippen molar-refractivity contribution in [1.29, 1.82) is 0 Å². The fourth-order valence-corrected chi connectivity index (χ4v) is 3.73. The maximum atomic E-state index is 12.4. The summed E-state index contributed by atoms with van der Waals surface area (Å²) in [5.41, 5.74) is 2.45. The highest BCUT2D eigenvalue weighted by atomic mass is 32.1. The summed E-state index contributed by atoms with van der Waals surface area (Å²) in [5, 5.41) is 8.98. The molecule has 2 N–H and O–H groups in total. The van der Waals surface area contributed by atoms with E-state index in [1.54, 1.807) is 11.3 Å². The Morgan fingerprint density at radius 3 is 3.17 bits per heavy atom. The topological polar surface area (TPSA) is 80.1 Å². The first-order valence-corrected chi connectivity index (χ1v) is 8.44. The van der Waals surface area contributed by atoms with Crippen molar-refractivity contribution in [3.8, 4) is 0 Å². The minimum atomic E-state index is -0.0948. The summed E-state index contributed by atoms with van der Waals surface area (Å²) >= 11 is 1.62. The standard InChI is InChI=1S/C16H17N3O3S/c1-9-4-11(22-19-9)5-10-7-21-8-14(10)18-16(20)13-6-15-12(17-13)2-3-23-15/h2-4,6,10,14,17H,5,7-8H2,1H3,(H,18,20). The molecule has 7 heteroatoms. The summed E-state index contributed by atoms with van der Waals surface area (Å²) in [6.45, 7) is 3.04. The number of nitrogens with one attached hydrogen (secondary N) is 2. The molecule has 4 rings (SSSR count). The molecule has 6 nitrogen and oxygen atoms in total.